The molecule has 2 aromatic rings. The Morgan fingerprint density at radius 2 is 2.29 bits per heavy atom. The Hall–Kier alpha value is -1.20. The summed E-state index contributed by atoms with van der Waals surface area (Å²) in [6, 6.07) is 5.44. The lowest BCUT2D eigenvalue weighted by molar-refractivity contribution is -0.136. The molecule has 4 nitrogen and oxygen atoms in total. The second-order valence-electron chi connectivity index (χ2n) is 3.68. The van der Waals surface area contributed by atoms with E-state index in [1.165, 1.54) is 11.8 Å². The molecule has 0 spiro atoms. The summed E-state index contributed by atoms with van der Waals surface area (Å²) >= 11 is 7.11. The van der Waals surface area contributed by atoms with Gasteiger partial charge in [-0.2, -0.15) is 0 Å². The summed E-state index contributed by atoms with van der Waals surface area (Å²) in [5.41, 5.74) is 1.72. The molecule has 1 atom stereocenters. The summed E-state index contributed by atoms with van der Waals surface area (Å²) < 4.78 is 1.87. The van der Waals surface area contributed by atoms with Gasteiger partial charge in [0, 0.05) is 12.1 Å². The van der Waals surface area contributed by atoms with Crippen LogP contribution in [0.25, 0.3) is 11.0 Å². The molecule has 0 aliphatic carbocycles. The fraction of sp³-hybridized carbons (Fsp3) is 0.273. The molecule has 1 aromatic carbocycles. The molecule has 2 rings (SSSR count). The van der Waals surface area contributed by atoms with Gasteiger partial charge in [-0.25, -0.2) is 4.98 Å². The molecule has 1 unspecified atom stereocenters. The fourth-order valence-electron chi connectivity index (χ4n) is 1.46. The Kier molecular flexibility index (Phi) is 3.31. The van der Waals surface area contributed by atoms with Gasteiger partial charge in [0.1, 0.15) is 5.25 Å². The van der Waals surface area contributed by atoms with Crippen LogP contribution >= 0.6 is 23.4 Å². The summed E-state index contributed by atoms with van der Waals surface area (Å²) in [7, 11) is 1.86. The first kappa shape index (κ1) is 12.3. The molecule has 0 fully saturated rings. The highest BCUT2D eigenvalue weighted by molar-refractivity contribution is 8.00. The van der Waals surface area contributed by atoms with E-state index in [4.69, 9.17) is 16.7 Å². The second-order valence-corrected chi connectivity index (χ2v) is 5.43. The quantitative estimate of drug-likeness (QED) is 0.872. The van der Waals surface area contributed by atoms with Crippen LogP contribution in [0.5, 0.6) is 0 Å². The Bertz CT molecular complexity index is 582. The summed E-state index contributed by atoms with van der Waals surface area (Å²) in [6.45, 7) is 1.64. The Labute approximate surface area is 108 Å². The number of aliphatic carboxylic acids is 1. The average molecular weight is 271 g/mol. The highest BCUT2D eigenvalue weighted by Crippen LogP contribution is 2.27. The molecule has 90 valence electrons. The third-order valence-electron chi connectivity index (χ3n) is 2.43. The van der Waals surface area contributed by atoms with Crippen molar-refractivity contribution in [3.63, 3.8) is 0 Å². The van der Waals surface area contributed by atoms with Crippen LogP contribution in [0.2, 0.25) is 5.02 Å². The maximum Gasteiger partial charge on any atom is 0.316 e. The molecule has 0 bridgehead atoms. The predicted octanol–water partition coefficient (Wildman–Crippen LogP) is 2.79. The number of rotatable bonds is 3. The van der Waals surface area contributed by atoms with Gasteiger partial charge < -0.3 is 9.67 Å². The number of halogens is 1. The molecule has 0 saturated carbocycles. The van der Waals surface area contributed by atoms with E-state index in [2.05, 4.69) is 4.98 Å². The Morgan fingerprint density at radius 1 is 1.59 bits per heavy atom. The van der Waals surface area contributed by atoms with Gasteiger partial charge in [-0.1, -0.05) is 23.4 Å². The third-order valence-corrected chi connectivity index (χ3v) is 3.80. The van der Waals surface area contributed by atoms with Gasteiger partial charge in [0.05, 0.1) is 11.0 Å². The number of aryl methyl sites for hydroxylation is 1. The van der Waals surface area contributed by atoms with Crippen LogP contribution in [0.3, 0.4) is 0 Å². The molecular weight excluding hydrogens is 260 g/mol. The lowest BCUT2D eigenvalue weighted by Gasteiger charge is -2.05. The lowest BCUT2D eigenvalue weighted by Crippen LogP contribution is -2.12. The average Bonchev–Trinajstić information content (AvgIpc) is 2.55. The molecule has 1 heterocycles. The molecule has 0 aliphatic heterocycles. The molecule has 1 N–H and O–H groups in total. The standard InChI is InChI=1S/C11H11ClN2O2S/c1-6(10(15)16)17-11-13-8-5-7(12)3-4-9(8)14(11)2/h3-6H,1-2H3,(H,15,16). The lowest BCUT2D eigenvalue weighted by atomic mass is 10.3. The smallest absolute Gasteiger partial charge is 0.316 e. The first-order valence-corrected chi connectivity index (χ1v) is 6.26. The number of carboxylic acids is 1. The van der Waals surface area contributed by atoms with Crippen molar-refractivity contribution in [1.82, 2.24) is 9.55 Å². The van der Waals surface area contributed by atoms with E-state index in [-0.39, 0.29) is 0 Å². The fourth-order valence-corrected chi connectivity index (χ4v) is 2.46. The van der Waals surface area contributed by atoms with Crippen molar-refractivity contribution in [2.24, 2.45) is 7.05 Å². The zero-order valence-corrected chi connectivity index (χ0v) is 10.9. The number of hydrogen-bond donors (Lipinski definition) is 1. The van der Waals surface area contributed by atoms with Crippen molar-refractivity contribution < 1.29 is 9.90 Å². The van der Waals surface area contributed by atoms with Crippen LogP contribution in [-0.2, 0) is 11.8 Å². The zero-order valence-electron chi connectivity index (χ0n) is 9.35. The van der Waals surface area contributed by atoms with E-state index in [9.17, 15) is 4.79 Å². The normalized spacial score (nSPS) is 12.9. The van der Waals surface area contributed by atoms with Crippen molar-refractivity contribution in [2.75, 3.05) is 0 Å². The molecule has 0 aliphatic rings. The van der Waals surface area contributed by atoms with Gasteiger partial charge >= 0.3 is 5.97 Å². The number of nitrogens with zero attached hydrogens (tertiary/aromatic N) is 2. The minimum absolute atomic E-state index is 0.527. The zero-order chi connectivity index (χ0) is 12.6. The van der Waals surface area contributed by atoms with E-state index in [1.54, 1.807) is 19.1 Å². The molecule has 0 amide bonds. The van der Waals surface area contributed by atoms with Gasteiger partial charge in [0.15, 0.2) is 5.16 Å². The van der Waals surface area contributed by atoms with Crippen LogP contribution in [0, 0.1) is 0 Å². The largest absolute Gasteiger partial charge is 0.480 e. The predicted molar refractivity (Wildman–Crippen MR) is 68.7 cm³/mol. The summed E-state index contributed by atoms with van der Waals surface area (Å²) in [6.07, 6.45) is 0. The van der Waals surface area contributed by atoms with E-state index in [0.717, 1.165) is 11.0 Å². The maximum atomic E-state index is 10.8. The highest BCUT2D eigenvalue weighted by atomic mass is 35.5. The molecule has 17 heavy (non-hydrogen) atoms. The minimum atomic E-state index is -0.847. The summed E-state index contributed by atoms with van der Waals surface area (Å²) in [5.74, 6) is -0.847. The minimum Gasteiger partial charge on any atom is -0.480 e. The van der Waals surface area contributed by atoms with Crippen molar-refractivity contribution in [3.8, 4) is 0 Å². The highest BCUT2D eigenvalue weighted by Gasteiger charge is 2.17. The van der Waals surface area contributed by atoms with Crippen LogP contribution in [-0.4, -0.2) is 25.9 Å². The second kappa shape index (κ2) is 4.58. The first-order chi connectivity index (χ1) is 7.99. The number of carboxylic acid groups (broad SMARTS) is 1. The number of carbonyl (C=O) groups is 1. The number of imidazole rings is 1. The molecule has 1 aromatic heterocycles. The number of aromatic nitrogens is 2. The van der Waals surface area contributed by atoms with Crippen LogP contribution in [0.15, 0.2) is 23.4 Å². The van der Waals surface area contributed by atoms with Crippen molar-refractivity contribution in [2.45, 2.75) is 17.3 Å². The SMILES string of the molecule is CC(Sc1nc2cc(Cl)ccc2n1C)C(=O)O. The van der Waals surface area contributed by atoms with Gasteiger partial charge in [-0.05, 0) is 25.1 Å². The van der Waals surface area contributed by atoms with E-state index >= 15 is 0 Å². The molecule has 0 saturated heterocycles. The van der Waals surface area contributed by atoms with E-state index in [1.807, 2.05) is 17.7 Å². The Balaban J connectivity index is 2.42. The Morgan fingerprint density at radius 3 is 2.94 bits per heavy atom. The molecule has 6 heteroatoms. The number of thioether (sulfide) groups is 1. The molecular formula is C11H11ClN2O2S. The number of hydrogen-bond acceptors (Lipinski definition) is 3. The topological polar surface area (TPSA) is 55.1 Å². The number of benzene rings is 1. The van der Waals surface area contributed by atoms with Gasteiger partial charge in [-0.15, -0.1) is 0 Å². The maximum absolute atomic E-state index is 10.8. The van der Waals surface area contributed by atoms with Crippen molar-refractivity contribution >= 4 is 40.4 Å². The van der Waals surface area contributed by atoms with Gasteiger partial charge in [0.25, 0.3) is 0 Å². The van der Waals surface area contributed by atoms with Crippen LogP contribution in [0.1, 0.15) is 6.92 Å². The van der Waals surface area contributed by atoms with Gasteiger partial charge in [0.2, 0.25) is 0 Å². The van der Waals surface area contributed by atoms with Crippen molar-refractivity contribution in [1.29, 1.82) is 0 Å². The third kappa shape index (κ3) is 2.40. The molecule has 0 radical (unpaired) electrons. The summed E-state index contributed by atoms with van der Waals surface area (Å²) in [5, 5.41) is 9.65. The summed E-state index contributed by atoms with van der Waals surface area (Å²) in [4.78, 5) is 15.2. The van der Waals surface area contributed by atoms with Crippen LogP contribution in [0.4, 0.5) is 0 Å². The van der Waals surface area contributed by atoms with Crippen LogP contribution < -0.4 is 0 Å². The van der Waals surface area contributed by atoms with Gasteiger partial charge in [-0.3, -0.25) is 4.79 Å². The number of fused-ring (bicyclic) bond motifs is 1. The monoisotopic (exact) mass is 270 g/mol. The first-order valence-electron chi connectivity index (χ1n) is 5.00. The van der Waals surface area contributed by atoms with Crippen molar-refractivity contribution in [3.05, 3.63) is 23.2 Å². The van der Waals surface area contributed by atoms with E-state index < -0.39 is 11.2 Å². The van der Waals surface area contributed by atoms with E-state index in [0.29, 0.717) is 10.2 Å².